The van der Waals surface area contributed by atoms with Crippen LogP contribution in [0.5, 0.6) is 5.75 Å². The zero-order valence-corrected chi connectivity index (χ0v) is 17.4. The van der Waals surface area contributed by atoms with Crippen LogP contribution >= 0.6 is 11.3 Å². The Bertz CT molecular complexity index is 1090. The highest BCUT2D eigenvalue weighted by Crippen LogP contribution is 2.30. The molecule has 28 heavy (non-hydrogen) atoms. The maximum Gasteiger partial charge on any atom is 0.267 e. The van der Waals surface area contributed by atoms with Crippen LogP contribution in [0, 0.1) is 6.92 Å². The predicted octanol–water partition coefficient (Wildman–Crippen LogP) is 4.17. The smallest absolute Gasteiger partial charge is 0.267 e. The molecular formula is C20H20N2O4S2. The van der Waals surface area contributed by atoms with Crippen molar-refractivity contribution in [3.63, 3.8) is 0 Å². The number of hydrogen-bond donors (Lipinski definition) is 1. The second-order valence-electron chi connectivity index (χ2n) is 6.14. The second-order valence-corrected chi connectivity index (χ2v) is 9.16. The van der Waals surface area contributed by atoms with Crippen LogP contribution in [-0.4, -0.2) is 32.2 Å². The summed E-state index contributed by atoms with van der Waals surface area (Å²) in [5, 5.41) is 3.53. The first-order valence-electron chi connectivity index (χ1n) is 8.60. The van der Waals surface area contributed by atoms with Crippen LogP contribution in [0.25, 0.3) is 10.6 Å². The first kappa shape index (κ1) is 20.0. The number of aryl methyl sites for hydroxylation is 1. The molecule has 3 aromatic rings. The van der Waals surface area contributed by atoms with Gasteiger partial charge in [-0.1, -0.05) is 0 Å². The maximum atomic E-state index is 12.6. The molecule has 1 N–H and O–H groups in total. The van der Waals surface area contributed by atoms with Crippen molar-refractivity contribution in [1.82, 2.24) is 4.98 Å². The molecule has 3 rings (SSSR count). The topological polar surface area (TPSA) is 85.4 Å². The number of ether oxygens (including phenoxy) is 1. The van der Waals surface area contributed by atoms with E-state index in [0.717, 1.165) is 22.6 Å². The van der Waals surface area contributed by atoms with Gasteiger partial charge in [0.15, 0.2) is 9.84 Å². The van der Waals surface area contributed by atoms with E-state index in [9.17, 15) is 13.2 Å². The molecule has 0 fully saturated rings. The highest BCUT2D eigenvalue weighted by molar-refractivity contribution is 7.90. The van der Waals surface area contributed by atoms with Gasteiger partial charge in [-0.15, -0.1) is 11.3 Å². The third-order valence-corrected chi connectivity index (χ3v) is 6.29. The van der Waals surface area contributed by atoms with E-state index in [1.165, 1.54) is 23.5 Å². The fourth-order valence-corrected chi connectivity index (χ4v) is 4.16. The van der Waals surface area contributed by atoms with Gasteiger partial charge in [0.1, 0.15) is 15.6 Å². The van der Waals surface area contributed by atoms with E-state index in [4.69, 9.17) is 4.74 Å². The molecule has 6 nitrogen and oxygen atoms in total. The Kier molecular flexibility index (Phi) is 5.81. The molecule has 0 atom stereocenters. The first-order valence-corrected chi connectivity index (χ1v) is 11.3. The number of sulfone groups is 1. The van der Waals surface area contributed by atoms with E-state index in [0.29, 0.717) is 22.9 Å². The van der Waals surface area contributed by atoms with Gasteiger partial charge < -0.3 is 10.1 Å². The second kappa shape index (κ2) is 8.12. The molecule has 0 aliphatic rings. The minimum absolute atomic E-state index is 0.206. The van der Waals surface area contributed by atoms with E-state index < -0.39 is 9.84 Å². The Morgan fingerprint density at radius 1 is 1.11 bits per heavy atom. The molecule has 0 aliphatic heterocycles. The van der Waals surface area contributed by atoms with Crippen LogP contribution in [0.2, 0.25) is 0 Å². The summed E-state index contributed by atoms with van der Waals surface area (Å²) in [4.78, 5) is 17.8. The van der Waals surface area contributed by atoms with Crippen molar-refractivity contribution in [2.45, 2.75) is 18.7 Å². The Morgan fingerprint density at radius 3 is 2.32 bits per heavy atom. The quantitative estimate of drug-likeness (QED) is 0.652. The van der Waals surface area contributed by atoms with Gasteiger partial charge >= 0.3 is 0 Å². The van der Waals surface area contributed by atoms with Crippen LogP contribution in [0.1, 0.15) is 22.3 Å². The molecular weight excluding hydrogens is 396 g/mol. The molecule has 2 aromatic carbocycles. The molecule has 0 spiro atoms. The third-order valence-electron chi connectivity index (χ3n) is 3.96. The molecule has 0 radical (unpaired) electrons. The number of benzene rings is 2. The average Bonchev–Trinajstić information content (AvgIpc) is 3.04. The summed E-state index contributed by atoms with van der Waals surface area (Å²) in [5.41, 5.74) is 2.07. The summed E-state index contributed by atoms with van der Waals surface area (Å²) in [7, 11) is -3.27. The molecule has 1 aromatic heterocycles. The number of aromatic nitrogens is 1. The largest absolute Gasteiger partial charge is 0.494 e. The maximum absolute atomic E-state index is 12.6. The number of nitrogens with one attached hydrogen (secondary N) is 1. The van der Waals surface area contributed by atoms with E-state index in [1.54, 1.807) is 19.1 Å². The summed E-state index contributed by atoms with van der Waals surface area (Å²) in [6.07, 6.45) is 1.14. The van der Waals surface area contributed by atoms with Crippen LogP contribution in [0.3, 0.4) is 0 Å². The summed E-state index contributed by atoms with van der Waals surface area (Å²) in [5.74, 6) is 0.509. The van der Waals surface area contributed by atoms with Gasteiger partial charge in [0.2, 0.25) is 0 Å². The van der Waals surface area contributed by atoms with Crippen LogP contribution in [0.4, 0.5) is 5.69 Å². The standard InChI is InChI=1S/C20H20N2O4S2/c1-4-26-16-9-5-14(6-10-16)20-21-13(2)18(27-20)19(23)22-15-7-11-17(12-8-15)28(3,24)25/h5-12H,4H2,1-3H3,(H,22,23). The minimum atomic E-state index is -3.27. The number of anilines is 1. The van der Waals surface area contributed by atoms with Gasteiger partial charge in [-0.2, -0.15) is 0 Å². The van der Waals surface area contributed by atoms with Crippen LogP contribution in [0.15, 0.2) is 53.4 Å². The molecule has 0 saturated carbocycles. The molecule has 8 heteroatoms. The number of rotatable bonds is 6. The summed E-state index contributed by atoms with van der Waals surface area (Å²) in [6, 6.07) is 13.6. The van der Waals surface area contributed by atoms with Crippen LogP contribution in [-0.2, 0) is 9.84 Å². The molecule has 1 heterocycles. The number of carbonyl (C=O) groups is 1. The molecule has 0 aliphatic carbocycles. The summed E-state index contributed by atoms with van der Waals surface area (Å²) >= 11 is 1.31. The normalized spacial score (nSPS) is 11.2. The zero-order chi connectivity index (χ0) is 20.3. The molecule has 146 valence electrons. The SMILES string of the molecule is CCOc1ccc(-c2nc(C)c(C(=O)Nc3ccc(S(C)(=O)=O)cc3)s2)cc1. The summed E-state index contributed by atoms with van der Waals surface area (Å²) < 4.78 is 28.5. The molecule has 0 bridgehead atoms. The summed E-state index contributed by atoms with van der Waals surface area (Å²) in [6.45, 7) is 4.32. The van der Waals surface area contributed by atoms with Gasteiger partial charge in [0.05, 0.1) is 17.2 Å². The van der Waals surface area contributed by atoms with Crippen molar-refractivity contribution in [2.24, 2.45) is 0 Å². The van der Waals surface area contributed by atoms with Gasteiger partial charge in [0, 0.05) is 17.5 Å². The van der Waals surface area contributed by atoms with Gasteiger partial charge in [-0.05, 0) is 62.4 Å². The molecule has 0 saturated heterocycles. The third kappa shape index (κ3) is 4.58. The number of thiazole rings is 1. The lowest BCUT2D eigenvalue weighted by Gasteiger charge is -2.05. The van der Waals surface area contributed by atoms with E-state index >= 15 is 0 Å². The van der Waals surface area contributed by atoms with E-state index in [1.807, 2.05) is 31.2 Å². The monoisotopic (exact) mass is 416 g/mol. The number of amides is 1. The van der Waals surface area contributed by atoms with Gasteiger partial charge in [-0.25, -0.2) is 13.4 Å². The lowest BCUT2D eigenvalue weighted by atomic mass is 10.2. The Labute approximate surface area is 168 Å². The van der Waals surface area contributed by atoms with Crippen molar-refractivity contribution < 1.29 is 17.9 Å². The van der Waals surface area contributed by atoms with Crippen molar-refractivity contribution in [3.05, 3.63) is 59.1 Å². The Hall–Kier alpha value is -2.71. The Morgan fingerprint density at radius 2 is 1.75 bits per heavy atom. The van der Waals surface area contributed by atoms with Crippen molar-refractivity contribution >= 4 is 32.8 Å². The predicted molar refractivity (Wildman–Crippen MR) is 111 cm³/mol. The van der Waals surface area contributed by atoms with Crippen LogP contribution < -0.4 is 10.1 Å². The van der Waals surface area contributed by atoms with Crippen molar-refractivity contribution in [3.8, 4) is 16.3 Å². The first-order chi connectivity index (χ1) is 13.3. The number of carbonyl (C=O) groups excluding carboxylic acids is 1. The average molecular weight is 417 g/mol. The highest BCUT2D eigenvalue weighted by atomic mass is 32.2. The van der Waals surface area contributed by atoms with Crippen molar-refractivity contribution in [2.75, 3.05) is 18.2 Å². The van der Waals surface area contributed by atoms with E-state index in [-0.39, 0.29) is 10.8 Å². The van der Waals surface area contributed by atoms with E-state index in [2.05, 4.69) is 10.3 Å². The lowest BCUT2D eigenvalue weighted by Crippen LogP contribution is -2.11. The molecule has 0 unspecified atom stereocenters. The zero-order valence-electron chi connectivity index (χ0n) is 15.7. The highest BCUT2D eigenvalue weighted by Gasteiger charge is 2.17. The minimum Gasteiger partial charge on any atom is -0.494 e. The fraction of sp³-hybridized carbons (Fsp3) is 0.200. The fourth-order valence-electron chi connectivity index (χ4n) is 2.56. The number of hydrogen-bond acceptors (Lipinski definition) is 6. The molecule has 1 amide bonds. The van der Waals surface area contributed by atoms with Crippen molar-refractivity contribution in [1.29, 1.82) is 0 Å². The van der Waals surface area contributed by atoms with Gasteiger partial charge in [-0.3, -0.25) is 4.79 Å². The lowest BCUT2D eigenvalue weighted by molar-refractivity contribution is 0.103. The van der Waals surface area contributed by atoms with Gasteiger partial charge in [0.25, 0.3) is 5.91 Å². The Balaban J connectivity index is 1.77. The number of nitrogens with zero attached hydrogens (tertiary/aromatic N) is 1.